The van der Waals surface area contributed by atoms with Crippen molar-refractivity contribution in [1.29, 1.82) is 0 Å². The van der Waals surface area contributed by atoms with E-state index in [1.807, 2.05) is 6.07 Å². The molecule has 1 heterocycles. The normalized spacial score (nSPS) is 17.4. The predicted molar refractivity (Wildman–Crippen MR) is 64.3 cm³/mol. The highest BCUT2D eigenvalue weighted by Crippen LogP contribution is 2.33. The average molecular weight is 303 g/mol. The fourth-order valence-corrected chi connectivity index (χ4v) is 2.84. The fraction of sp³-hybridized carbons (Fsp3) is 0.273. The maximum absolute atomic E-state index is 11.3. The van der Waals surface area contributed by atoms with Crippen LogP contribution in [0.3, 0.4) is 0 Å². The van der Waals surface area contributed by atoms with E-state index in [-0.39, 0.29) is 17.7 Å². The molecule has 0 radical (unpaired) electrons. The highest BCUT2D eigenvalue weighted by atomic mass is 79.9. The molecule has 0 unspecified atom stereocenters. The van der Waals surface area contributed by atoms with E-state index in [0.717, 1.165) is 10.0 Å². The Balaban J connectivity index is 2.29. The molecular weight excluding hydrogens is 293 g/mol. The zero-order valence-corrected chi connectivity index (χ0v) is 10.6. The van der Waals surface area contributed by atoms with Crippen molar-refractivity contribution in [3.8, 4) is 0 Å². The molecule has 0 spiro atoms. The van der Waals surface area contributed by atoms with Crippen LogP contribution in [0.25, 0.3) is 0 Å². The molecule has 0 saturated carbocycles. The number of nitrogens with one attached hydrogen (secondary N) is 1. The first-order valence-corrected chi connectivity index (χ1v) is 6.01. The number of halogens is 2. The van der Waals surface area contributed by atoms with Gasteiger partial charge in [-0.1, -0.05) is 33.6 Å². The molecule has 1 aromatic rings. The van der Waals surface area contributed by atoms with Gasteiger partial charge >= 0.3 is 0 Å². The Kier molecular flexibility index (Phi) is 3.30. The maximum Gasteiger partial charge on any atom is 0.227 e. The molecule has 1 aromatic carbocycles. The summed E-state index contributed by atoms with van der Waals surface area (Å²) in [5, 5.41) is 2.92. The lowest BCUT2D eigenvalue weighted by molar-refractivity contribution is -0.133. The lowest BCUT2D eigenvalue weighted by Crippen LogP contribution is -2.37. The molecule has 5 heteroatoms. The van der Waals surface area contributed by atoms with Gasteiger partial charge in [0, 0.05) is 28.3 Å². The first kappa shape index (κ1) is 11.6. The Morgan fingerprint density at radius 2 is 1.88 bits per heavy atom. The highest BCUT2D eigenvalue weighted by Gasteiger charge is 2.27. The van der Waals surface area contributed by atoms with Crippen LogP contribution < -0.4 is 5.32 Å². The number of imide groups is 1. The molecule has 1 aliphatic heterocycles. The van der Waals surface area contributed by atoms with Gasteiger partial charge in [-0.15, -0.1) is 0 Å². The van der Waals surface area contributed by atoms with Crippen molar-refractivity contribution in [2.45, 2.75) is 18.8 Å². The van der Waals surface area contributed by atoms with Gasteiger partial charge in [-0.25, -0.2) is 0 Å². The van der Waals surface area contributed by atoms with Crippen molar-refractivity contribution >= 4 is 39.3 Å². The summed E-state index contributed by atoms with van der Waals surface area (Å²) in [7, 11) is 0. The number of hydrogen-bond acceptors (Lipinski definition) is 2. The second kappa shape index (κ2) is 4.55. The molecule has 1 fully saturated rings. The average Bonchev–Trinajstić information content (AvgIpc) is 2.15. The van der Waals surface area contributed by atoms with Crippen molar-refractivity contribution in [2.75, 3.05) is 0 Å². The Morgan fingerprint density at radius 3 is 2.44 bits per heavy atom. The lowest BCUT2D eigenvalue weighted by atomic mass is 9.89. The number of benzene rings is 1. The monoisotopic (exact) mass is 301 g/mol. The van der Waals surface area contributed by atoms with E-state index >= 15 is 0 Å². The zero-order chi connectivity index (χ0) is 11.7. The molecule has 0 aliphatic carbocycles. The minimum absolute atomic E-state index is 0.0621. The standard InChI is InChI=1S/C11H9BrClNO2/c12-9-5-7(13)1-2-8(9)6-3-10(15)14-11(16)4-6/h1-2,5-6H,3-4H2,(H,14,15,16). The van der Waals surface area contributed by atoms with E-state index in [9.17, 15) is 9.59 Å². The molecule has 3 nitrogen and oxygen atoms in total. The molecule has 84 valence electrons. The summed E-state index contributed by atoms with van der Waals surface area (Å²) in [6, 6.07) is 5.38. The summed E-state index contributed by atoms with van der Waals surface area (Å²) in [5.41, 5.74) is 0.951. The Labute approximate surface area is 106 Å². The van der Waals surface area contributed by atoms with Crippen LogP contribution in [0.4, 0.5) is 0 Å². The summed E-state index contributed by atoms with van der Waals surface area (Å²) < 4.78 is 0.840. The summed E-state index contributed by atoms with van der Waals surface area (Å²) in [6.07, 6.45) is 0.679. The Bertz CT molecular complexity index is 445. The molecule has 16 heavy (non-hydrogen) atoms. The summed E-state index contributed by atoms with van der Waals surface area (Å²) in [4.78, 5) is 22.5. The third-order valence-corrected chi connectivity index (χ3v) is 3.47. The van der Waals surface area contributed by atoms with Gasteiger partial charge in [0.1, 0.15) is 0 Å². The van der Waals surface area contributed by atoms with Crippen molar-refractivity contribution in [3.63, 3.8) is 0 Å². The third-order valence-electron chi connectivity index (χ3n) is 2.54. The Morgan fingerprint density at radius 1 is 1.25 bits per heavy atom. The molecule has 1 N–H and O–H groups in total. The van der Waals surface area contributed by atoms with Crippen molar-refractivity contribution in [2.24, 2.45) is 0 Å². The van der Waals surface area contributed by atoms with Gasteiger partial charge in [0.05, 0.1) is 0 Å². The molecular formula is C11H9BrClNO2. The summed E-state index contributed by atoms with van der Waals surface area (Å²) >= 11 is 9.23. The minimum Gasteiger partial charge on any atom is -0.296 e. The first-order chi connectivity index (χ1) is 7.56. The van der Waals surface area contributed by atoms with E-state index in [4.69, 9.17) is 11.6 Å². The van der Waals surface area contributed by atoms with Crippen LogP contribution in [-0.4, -0.2) is 11.8 Å². The number of amides is 2. The first-order valence-electron chi connectivity index (χ1n) is 4.84. The van der Waals surface area contributed by atoms with Gasteiger partial charge in [-0.2, -0.15) is 0 Å². The van der Waals surface area contributed by atoms with Crippen LogP contribution in [0, 0.1) is 0 Å². The van der Waals surface area contributed by atoms with Gasteiger partial charge in [0.15, 0.2) is 0 Å². The van der Waals surface area contributed by atoms with Crippen LogP contribution in [0.2, 0.25) is 5.02 Å². The number of rotatable bonds is 1. The van der Waals surface area contributed by atoms with Crippen LogP contribution in [0.15, 0.2) is 22.7 Å². The third kappa shape index (κ3) is 2.44. The van der Waals surface area contributed by atoms with Crippen LogP contribution in [0.1, 0.15) is 24.3 Å². The minimum atomic E-state index is -0.219. The van der Waals surface area contributed by atoms with Gasteiger partial charge in [0.25, 0.3) is 0 Å². The van der Waals surface area contributed by atoms with Crippen LogP contribution in [0.5, 0.6) is 0 Å². The number of carbonyl (C=O) groups excluding carboxylic acids is 2. The van der Waals surface area contributed by atoms with Crippen LogP contribution >= 0.6 is 27.5 Å². The summed E-state index contributed by atoms with van der Waals surface area (Å²) in [5.74, 6) is -0.501. The van der Waals surface area contributed by atoms with E-state index in [2.05, 4.69) is 21.2 Å². The van der Waals surface area contributed by atoms with E-state index in [1.165, 1.54) is 0 Å². The van der Waals surface area contributed by atoms with E-state index < -0.39 is 0 Å². The second-order valence-electron chi connectivity index (χ2n) is 3.74. The van der Waals surface area contributed by atoms with Gasteiger partial charge in [0.2, 0.25) is 11.8 Å². The van der Waals surface area contributed by atoms with E-state index in [0.29, 0.717) is 17.9 Å². The van der Waals surface area contributed by atoms with Gasteiger partial charge in [-0.3, -0.25) is 14.9 Å². The largest absolute Gasteiger partial charge is 0.296 e. The molecule has 0 aromatic heterocycles. The van der Waals surface area contributed by atoms with Crippen molar-refractivity contribution in [3.05, 3.63) is 33.3 Å². The molecule has 1 aliphatic rings. The maximum atomic E-state index is 11.3. The predicted octanol–water partition coefficient (Wildman–Crippen LogP) is 2.62. The highest BCUT2D eigenvalue weighted by molar-refractivity contribution is 9.10. The molecule has 2 amide bonds. The van der Waals surface area contributed by atoms with Crippen molar-refractivity contribution in [1.82, 2.24) is 5.32 Å². The van der Waals surface area contributed by atoms with Gasteiger partial charge < -0.3 is 0 Å². The Hall–Kier alpha value is -0.870. The SMILES string of the molecule is O=C1CC(c2ccc(Cl)cc2Br)CC(=O)N1. The zero-order valence-electron chi connectivity index (χ0n) is 8.30. The smallest absolute Gasteiger partial charge is 0.227 e. The summed E-state index contributed by atoms with van der Waals surface area (Å²) in [6.45, 7) is 0. The number of piperidine rings is 1. The molecule has 0 bridgehead atoms. The molecule has 1 saturated heterocycles. The topological polar surface area (TPSA) is 46.2 Å². The lowest BCUT2D eigenvalue weighted by Gasteiger charge is -2.22. The number of hydrogen-bond donors (Lipinski definition) is 1. The number of carbonyl (C=O) groups is 2. The van der Waals surface area contributed by atoms with Crippen molar-refractivity contribution < 1.29 is 9.59 Å². The van der Waals surface area contributed by atoms with E-state index in [1.54, 1.807) is 12.1 Å². The fourth-order valence-electron chi connectivity index (χ4n) is 1.83. The van der Waals surface area contributed by atoms with Gasteiger partial charge in [-0.05, 0) is 17.7 Å². The van der Waals surface area contributed by atoms with Crippen LogP contribution in [-0.2, 0) is 9.59 Å². The quantitative estimate of drug-likeness (QED) is 0.811. The molecule has 0 atom stereocenters. The second-order valence-corrected chi connectivity index (χ2v) is 5.03. The molecule has 2 rings (SSSR count).